The number of hydrogen-bond acceptors (Lipinski definition) is 6. The minimum absolute atomic E-state index is 0.185. The molecule has 0 spiro atoms. The monoisotopic (exact) mass is 526 g/mol. The summed E-state index contributed by atoms with van der Waals surface area (Å²) < 4.78 is 0.753. The highest BCUT2D eigenvalue weighted by molar-refractivity contribution is 14.1. The van der Waals surface area contributed by atoms with E-state index in [2.05, 4.69) is 28.0 Å². The molecule has 3 rings (SSSR count). The third-order valence-electron chi connectivity index (χ3n) is 7.01. The Labute approximate surface area is 186 Å². The zero-order chi connectivity index (χ0) is 20.8. The minimum atomic E-state index is -0.919. The zero-order valence-electron chi connectivity index (χ0n) is 17.1. The molecule has 0 aromatic carbocycles. The van der Waals surface area contributed by atoms with Crippen LogP contribution in [0, 0.1) is 16.3 Å². The summed E-state index contributed by atoms with van der Waals surface area (Å²) in [6.07, 6.45) is 9.88. The molecule has 2 aliphatic carbocycles. The van der Waals surface area contributed by atoms with Gasteiger partial charge >= 0.3 is 0 Å². The van der Waals surface area contributed by atoms with E-state index in [1.807, 2.05) is 0 Å². The third kappa shape index (κ3) is 6.96. The topological polar surface area (TPSA) is 124 Å². The lowest BCUT2D eigenvalue weighted by atomic mass is 9.85. The second-order valence-electron chi connectivity index (χ2n) is 9.07. The molecule has 0 radical (unpaired) electrons. The number of hydrazone groups is 1. The smallest absolute Gasteiger partial charge is 0.144 e. The fourth-order valence-corrected chi connectivity index (χ4v) is 5.85. The van der Waals surface area contributed by atoms with Crippen molar-refractivity contribution in [2.75, 3.05) is 19.6 Å². The molecule has 3 aliphatic rings. The summed E-state index contributed by atoms with van der Waals surface area (Å²) in [5.41, 5.74) is 4.41. The molecular formula is C19H37IN5O4+. The maximum atomic E-state index is 11.7. The van der Waals surface area contributed by atoms with Crippen molar-refractivity contribution in [2.45, 2.75) is 86.3 Å². The summed E-state index contributed by atoms with van der Waals surface area (Å²) in [7, 11) is 0. The van der Waals surface area contributed by atoms with Crippen molar-refractivity contribution in [2.24, 2.45) is 11.0 Å². The van der Waals surface area contributed by atoms with Crippen molar-refractivity contribution in [1.82, 2.24) is 5.43 Å². The highest BCUT2D eigenvalue weighted by Gasteiger charge is 2.38. The van der Waals surface area contributed by atoms with E-state index < -0.39 is 22.5 Å². The molecule has 5 unspecified atom stereocenters. The molecule has 1 heterocycles. The van der Waals surface area contributed by atoms with Crippen LogP contribution in [-0.4, -0.2) is 57.8 Å². The van der Waals surface area contributed by atoms with E-state index in [1.165, 1.54) is 50.9 Å². The van der Waals surface area contributed by atoms with Crippen LogP contribution in [0.2, 0.25) is 0 Å². The maximum Gasteiger partial charge on any atom is 0.144 e. The average molecular weight is 526 g/mol. The van der Waals surface area contributed by atoms with Gasteiger partial charge in [0.25, 0.3) is 0 Å². The van der Waals surface area contributed by atoms with Gasteiger partial charge in [-0.05, 0) is 51.4 Å². The summed E-state index contributed by atoms with van der Waals surface area (Å²) in [6, 6.07) is -1.54. The predicted octanol–water partition coefficient (Wildman–Crippen LogP) is -1.17. The van der Waals surface area contributed by atoms with E-state index in [0.717, 1.165) is 23.3 Å². The van der Waals surface area contributed by atoms with E-state index in [1.54, 1.807) is 4.90 Å². The number of hydroxylamine groups is 4. The Bertz CT molecular complexity index is 525. The summed E-state index contributed by atoms with van der Waals surface area (Å²) in [5, 5.41) is 45.0. The first-order valence-electron chi connectivity index (χ1n) is 11.2. The quantitative estimate of drug-likeness (QED) is 0.108. The largest absolute Gasteiger partial charge is 0.600 e. The number of likely N-dealkylation sites (tertiary alicyclic amines) is 1. The predicted molar refractivity (Wildman–Crippen MR) is 117 cm³/mol. The summed E-state index contributed by atoms with van der Waals surface area (Å²) in [5.74, 6) is 0.488. The SMILES string of the molecule is [O-][NH+](O)C1CCC(NN=C(C[NH+]2CCCCC2)C2CCC(I)CC2)C([NH+]([O-])O)C1. The lowest BCUT2D eigenvalue weighted by molar-refractivity contribution is -1.09. The first-order valence-corrected chi connectivity index (χ1v) is 12.4. The van der Waals surface area contributed by atoms with Gasteiger partial charge in [0.1, 0.15) is 18.6 Å². The summed E-state index contributed by atoms with van der Waals surface area (Å²) in [4.78, 5) is 1.60. The Morgan fingerprint density at radius 1 is 1.00 bits per heavy atom. The number of hydrogen-bond donors (Lipinski definition) is 6. The molecule has 0 bridgehead atoms. The molecule has 29 heavy (non-hydrogen) atoms. The van der Waals surface area contributed by atoms with Crippen molar-refractivity contribution in [3.63, 3.8) is 0 Å². The molecule has 168 valence electrons. The van der Waals surface area contributed by atoms with Crippen LogP contribution in [0.4, 0.5) is 0 Å². The standard InChI is InChI=1S/C19H36IN5O4/c20-15-6-4-14(5-7-15)18(13-23-10-2-1-3-11-23)22-21-17-9-8-16(24(26)27)12-19(17)25(28)29/h14-17,19,21,24-26,28H,1-13H2/p+1. The number of piperidine rings is 1. The Balaban J connectivity index is 1.67. The van der Waals surface area contributed by atoms with Crippen LogP contribution in [0.25, 0.3) is 0 Å². The van der Waals surface area contributed by atoms with Gasteiger partial charge in [-0.2, -0.15) is 5.10 Å². The van der Waals surface area contributed by atoms with E-state index >= 15 is 0 Å². The van der Waals surface area contributed by atoms with Gasteiger partial charge in [0.2, 0.25) is 0 Å². The molecule has 0 amide bonds. The van der Waals surface area contributed by atoms with E-state index in [4.69, 9.17) is 5.10 Å². The van der Waals surface area contributed by atoms with Gasteiger partial charge in [-0.25, -0.2) is 20.9 Å². The number of nitrogens with one attached hydrogen (secondary N) is 4. The van der Waals surface area contributed by atoms with Crippen molar-refractivity contribution >= 4 is 28.3 Å². The Morgan fingerprint density at radius 3 is 2.31 bits per heavy atom. The summed E-state index contributed by atoms with van der Waals surface area (Å²) in [6.45, 7) is 3.34. The van der Waals surface area contributed by atoms with Gasteiger partial charge in [-0.15, -0.1) is 0 Å². The number of alkyl halides is 1. The van der Waals surface area contributed by atoms with E-state index in [-0.39, 0.29) is 12.5 Å². The van der Waals surface area contributed by atoms with Crippen LogP contribution < -0.4 is 20.8 Å². The fraction of sp³-hybridized carbons (Fsp3) is 0.947. The van der Waals surface area contributed by atoms with Gasteiger partial charge in [-0.3, -0.25) is 0 Å². The third-order valence-corrected chi connectivity index (χ3v) is 8.26. The van der Waals surface area contributed by atoms with Crippen molar-refractivity contribution in [1.29, 1.82) is 0 Å². The molecule has 0 aromatic rings. The second kappa shape index (κ2) is 11.5. The highest BCUT2D eigenvalue weighted by Crippen LogP contribution is 2.29. The molecule has 6 N–H and O–H groups in total. The molecule has 1 saturated heterocycles. The molecule has 2 saturated carbocycles. The van der Waals surface area contributed by atoms with Crippen LogP contribution in [0.1, 0.15) is 64.2 Å². The molecule has 9 nitrogen and oxygen atoms in total. The molecule has 1 aliphatic heterocycles. The van der Waals surface area contributed by atoms with Gasteiger partial charge in [0.15, 0.2) is 0 Å². The Hall–Kier alpha value is -0.0800. The first kappa shape index (κ1) is 23.6. The number of nitrogens with zero attached hydrogens (tertiary/aromatic N) is 1. The van der Waals surface area contributed by atoms with E-state index in [9.17, 15) is 20.8 Å². The second-order valence-corrected chi connectivity index (χ2v) is 10.8. The first-order chi connectivity index (χ1) is 13.9. The van der Waals surface area contributed by atoms with Gasteiger partial charge in [-0.1, -0.05) is 22.6 Å². The van der Waals surface area contributed by atoms with Crippen molar-refractivity contribution < 1.29 is 25.8 Å². The van der Waals surface area contributed by atoms with Crippen LogP contribution >= 0.6 is 22.6 Å². The van der Waals surface area contributed by atoms with Crippen LogP contribution in [0.3, 0.4) is 0 Å². The average Bonchev–Trinajstić information content (AvgIpc) is 2.72. The molecule has 10 heteroatoms. The molecule has 3 fully saturated rings. The van der Waals surface area contributed by atoms with Gasteiger partial charge in [0.05, 0.1) is 31.3 Å². The van der Waals surface area contributed by atoms with E-state index in [0.29, 0.717) is 18.8 Å². The molecule has 5 atom stereocenters. The highest BCUT2D eigenvalue weighted by atomic mass is 127. The van der Waals surface area contributed by atoms with Crippen molar-refractivity contribution in [3.05, 3.63) is 10.4 Å². The Kier molecular flexibility index (Phi) is 9.36. The molecular weight excluding hydrogens is 489 g/mol. The lowest BCUT2D eigenvalue weighted by Gasteiger charge is -2.39. The minimum Gasteiger partial charge on any atom is -0.600 e. The fourth-order valence-electron chi connectivity index (χ4n) is 5.13. The van der Waals surface area contributed by atoms with Crippen LogP contribution in [-0.2, 0) is 0 Å². The summed E-state index contributed by atoms with van der Waals surface area (Å²) >= 11 is 2.55. The maximum absolute atomic E-state index is 11.7. The number of rotatable bonds is 7. The van der Waals surface area contributed by atoms with Crippen molar-refractivity contribution in [3.8, 4) is 0 Å². The van der Waals surface area contributed by atoms with Crippen LogP contribution in [0.15, 0.2) is 5.10 Å². The van der Waals surface area contributed by atoms with Crippen LogP contribution in [0.5, 0.6) is 0 Å². The molecule has 0 aromatic heterocycles. The number of quaternary nitrogens is 3. The Morgan fingerprint density at radius 2 is 1.69 bits per heavy atom. The lowest BCUT2D eigenvalue weighted by Crippen LogP contribution is -3.15. The van der Waals surface area contributed by atoms with Gasteiger partial charge in [0, 0.05) is 16.3 Å². The van der Waals surface area contributed by atoms with Gasteiger partial charge < -0.3 is 20.7 Å². The normalized spacial score (nSPS) is 37.1. The zero-order valence-corrected chi connectivity index (χ0v) is 19.3. The number of halogens is 1.